The van der Waals surface area contributed by atoms with Gasteiger partial charge in [0.05, 0.1) is 25.2 Å². The first-order valence-electron chi connectivity index (χ1n) is 15.9. The molecule has 0 saturated heterocycles. The average Bonchev–Trinajstić information content (AvgIpc) is 2.87. The lowest BCUT2D eigenvalue weighted by atomic mass is 9.52. The van der Waals surface area contributed by atoms with E-state index < -0.39 is 48.0 Å². The Hall–Kier alpha value is -0.580. The Morgan fingerprint density at radius 1 is 0.553 bits per heavy atom. The summed E-state index contributed by atoms with van der Waals surface area (Å²) in [6, 6.07) is 0. The summed E-state index contributed by atoms with van der Waals surface area (Å²) in [5.41, 5.74) is -0.826. The van der Waals surface area contributed by atoms with Crippen molar-refractivity contribution in [2.75, 3.05) is 19.8 Å². The van der Waals surface area contributed by atoms with Crippen molar-refractivity contribution in [1.29, 1.82) is 0 Å². The second kappa shape index (κ2) is 16.2. The standard InChI is InChI=1S/C35H60O4.2H3O3P/c1-28(2,3)26-19-32(13,30(7,8)9)17-15-24(26)35(39,34(21-36,22-37)23-38)25-16-18-33(14,31(10,11)12)20-27(25)29(4,5)6;2*1-4(2)3/h15-18,36-39H,19-23H2,1-14H3;2*1-3H. The highest BCUT2D eigenvalue weighted by Crippen LogP contribution is 2.59. The van der Waals surface area contributed by atoms with E-state index in [1.54, 1.807) is 0 Å². The van der Waals surface area contributed by atoms with Crippen molar-refractivity contribution in [2.24, 2.45) is 37.9 Å². The van der Waals surface area contributed by atoms with Gasteiger partial charge in [-0.25, -0.2) is 0 Å². The van der Waals surface area contributed by atoms with E-state index in [1.807, 2.05) is 12.2 Å². The van der Waals surface area contributed by atoms with Crippen molar-refractivity contribution in [2.45, 2.75) is 115 Å². The Morgan fingerprint density at radius 3 is 0.957 bits per heavy atom. The van der Waals surface area contributed by atoms with Gasteiger partial charge in [-0.3, -0.25) is 0 Å². The van der Waals surface area contributed by atoms with Crippen molar-refractivity contribution < 1.29 is 49.8 Å². The zero-order chi connectivity index (χ0) is 37.8. The molecule has 0 saturated carbocycles. The zero-order valence-corrected chi connectivity index (χ0v) is 33.0. The van der Waals surface area contributed by atoms with E-state index in [1.165, 1.54) is 0 Å². The topological polar surface area (TPSA) is 202 Å². The summed E-state index contributed by atoms with van der Waals surface area (Å²) in [5, 5.41) is 45.8. The highest BCUT2D eigenvalue weighted by atomic mass is 31.2. The van der Waals surface area contributed by atoms with Crippen LogP contribution in [0.4, 0.5) is 0 Å². The summed E-state index contributed by atoms with van der Waals surface area (Å²) in [6.45, 7) is 29.3. The summed E-state index contributed by atoms with van der Waals surface area (Å²) in [5.74, 6) is 0. The maximum absolute atomic E-state index is 13.3. The van der Waals surface area contributed by atoms with Crippen LogP contribution in [0, 0.1) is 37.9 Å². The van der Waals surface area contributed by atoms with E-state index in [-0.39, 0.29) is 32.5 Å². The fourth-order valence-corrected chi connectivity index (χ4v) is 6.03. The molecule has 2 aliphatic rings. The molecule has 0 aliphatic heterocycles. The molecule has 0 radical (unpaired) electrons. The second-order valence-electron chi connectivity index (χ2n) is 17.6. The molecule has 10 nitrogen and oxygen atoms in total. The molecule has 2 unspecified atom stereocenters. The molecule has 10 N–H and O–H groups in total. The number of allylic oxidation sites excluding steroid dienone is 4. The van der Waals surface area contributed by atoms with Gasteiger partial charge in [0, 0.05) is 0 Å². The van der Waals surface area contributed by atoms with E-state index in [2.05, 4.69) is 109 Å². The van der Waals surface area contributed by atoms with Gasteiger partial charge in [0.15, 0.2) is 0 Å². The molecule has 0 spiro atoms. The molecule has 0 aromatic rings. The smallest absolute Gasteiger partial charge is 0.324 e. The summed E-state index contributed by atoms with van der Waals surface area (Å²) in [6.07, 6.45) is 9.92. The lowest BCUT2D eigenvalue weighted by Crippen LogP contribution is -2.59. The summed E-state index contributed by atoms with van der Waals surface area (Å²) in [7, 11) is -5.24. The number of rotatable bonds is 6. The third-order valence-electron chi connectivity index (χ3n) is 10.7. The van der Waals surface area contributed by atoms with Crippen LogP contribution in [0.3, 0.4) is 0 Å². The first-order valence-corrected chi connectivity index (χ1v) is 18.3. The third-order valence-corrected chi connectivity index (χ3v) is 10.7. The largest absolute Gasteiger partial charge is 0.395 e. The quantitative estimate of drug-likeness (QED) is 0.151. The van der Waals surface area contributed by atoms with Gasteiger partial charge in [-0.05, 0) is 56.5 Å². The Labute approximate surface area is 286 Å². The van der Waals surface area contributed by atoms with Crippen LogP contribution < -0.4 is 0 Å². The zero-order valence-electron chi connectivity index (χ0n) is 31.2. The number of aliphatic hydroxyl groups is 4. The average molecular weight is 709 g/mol. The van der Waals surface area contributed by atoms with Gasteiger partial charge in [0.2, 0.25) is 0 Å². The summed E-state index contributed by atoms with van der Waals surface area (Å²) < 4.78 is 0. The van der Waals surface area contributed by atoms with Gasteiger partial charge in [0.1, 0.15) is 5.60 Å². The van der Waals surface area contributed by atoms with E-state index in [0.717, 1.165) is 24.0 Å². The number of hydrogen-bond acceptors (Lipinski definition) is 10. The van der Waals surface area contributed by atoms with Crippen LogP contribution in [0.25, 0.3) is 0 Å². The Balaban J connectivity index is 0.00000236. The third kappa shape index (κ3) is 10.7. The van der Waals surface area contributed by atoms with Gasteiger partial charge in [-0.2, -0.15) is 0 Å². The van der Waals surface area contributed by atoms with Crippen LogP contribution >= 0.6 is 17.2 Å². The monoisotopic (exact) mass is 708 g/mol. The molecule has 0 bridgehead atoms. The fourth-order valence-electron chi connectivity index (χ4n) is 6.03. The van der Waals surface area contributed by atoms with Crippen LogP contribution in [-0.4, -0.2) is 75.2 Å². The minimum absolute atomic E-state index is 0.0270. The molecule has 0 aromatic carbocycles. The minimum atomic E-state index is -2.62. The van der Waals surface area contributed by atoms with Gasteiger partial charge >= 0.3 is 17.2 Å². The molecule has 0 fully saturated rings. The molecule has 2 atom stereocenters. The molecule has 12 heteroatoms. The fraction of sp³-hybridized carbons (Fsp3) is 0.771. The van der Waals surface area contributed by atoms with Gasteiger partial charge in [-0.15, -0.1) is 0 Å². The number of aliphatic hydroxyl groups excluding tert-OH is 3. The first kappa shape index (κ1) is 46.4. The summed E-state index contributed by atoms with van der Waals surface area (Å²) in [4.78, 5) is 43.4. The van der Waals surface area contributed by atoms with Crippen molar-refractivity contribution in [3.8, 4) is 0 Å². The molecule has 47 heavy (non-hydrogen) atoms. The molecule has 2 aliphatic carbocycles. The molecule has 0 amide bonds. The molecule has 0 aromatic heterocycles. The Bertz CT molecular complexity index is 1060. The van der Waals surface area contributed by atoms with Gasteiger partial charge < -0.3 is 49.8 Å². The lowest BCUT2D eigenvalue weighted by molar-refractivity contribution is -0.113. The molecule has 0 heterocycles. The van der Waals surface area contributed by atoms with Crippen molar-refractivity contribution in [3.63, 3.8) is 0 Å². The van der Waals surface area contributed by atoms with Crippen LogP contribution in [0.5, 0.6) is 0 Å². The first-order chi connectivity index (χ1) is 20.8. The van der Waals surface area contributed by atoms with Crippen LogP contribution in [0.15, 0.2) is 46.6 Å². The SMILES string of the molecule is CC(C)(C)C1=C(C(O)(C2=C(C(C)(C)C)CC(C)(C(C)(C)C)C=C2)C(CO)(CO)CO)C=CC(C)(C(C)(C)C)C1.OP(O)O.OP(O)O. The molecule has 276 valence electrons. The molecular formula is C35H66O10P2. The van der Waals surface area contributed by atoms with E-state index >= 15 is 0 Å². The van der Waals surface area contributed by atoms with Gasteiger partial charge in [-0.1, -0.05) is 132 Å². The van der Waals surface area contributed by atoms with Crippen molar-refractivity contribution in [3.05, 3.63) is 46.6 Å². The Morgan fingerprint density at radius 2 is 0.787 bits per heavy atom. The molecule has 2 rings (SSSR count). The van der Waals surface area contributed by atoms with Crippen LogP contribution in [0.1, 0.15) is 110 Å². The van der Waals surface area contributed by atoms with Crippen LogP contribution in [0.2, 0.25) is 0 Å². The molecular weight excluding hydrogens is 642 g/mol. The normalized spacial score (nSPS) is 24.2. The summed E-state index contributed by atoms with van der Waals surface area (Å²) >= 11 is 0. The predicted octanol–water partition coefficient (Wildman–Crippen LogP) is 5.77. The predicted molar refractivity (Wildman–Crippen MR) is 191 cm³/mol. The maximum atomic E-state index is 13.3. The number of hydrogen-bond donors (Lipinski definition) is 10. The maximum Gasteiger partial charge on any atom is 0.324 e. The van der Waals surface area contributed by atoms with Crippen molar-refractivity contribution >= 4 is 17.2 Å². The van der Waals surface area contributed by atoms with E-state index in [9.17, 15) is 20.4 Å². The van der Waals surface area contributed by atoms with E-state index in [0.29, 0.717) is 11.1 Å². The second-order valence-corrected chi connectivity index (χ2v) is 18.7. The Kier molecular flexibility index (Phi) is 16.0. The lowest BCUT2D eigenvalue weighted by Gasteiger charge is -2.54. The minimum Gasteiger partial charge on any atom is -0.395 e. The van der Waals surface area contributed by atoms with Crippen LogP contribution in [-0.2, 0) is 0 Å². The highest BCUT2D eigenvalue weighted by molar-refractivity contribution is 7.38. The van der Waals surface area contributed by atoms with Crippen molar-refractivity contribution in [1.82, 2.24) is 0 Å². The van der Waals surface area contributed by atoms with Gasteiger partial charge in [0.25, 0.3) is 0 Å². The van der Waals surface area contributed by atoms with E-state index in [4.69, 9.17) is 29.4 Å². The highest BCUT2D eigenvalue weighted by Gasteiger charge is 2.58.